The monoisotopic (exact) mass is 384 g/mol. The number of nitrogens with one attached hydrogen (secondary N) is 1. The number of anilines is 1. The van der Waals surface area contributed by atoms with Crippen molar-refractivity contribution in [2.45, 2.75) is 32.1 Å². The molecule has 1 aliphatic heterocycles. The van der Waals surface area contributed by atoms with Crippen LogP contribution in [-0.2, 0) is 16.1 Å². The summed E-state index contributed by atoms with van der Waals surface area (Å²) >= 11 is 6.64. The van der Waals surface area contributed by atoms with Crippen molar-refractivity contribution < 1.29 is 9.59 Å². The maximum absolute atomic E-state index is 12.7. The summed E-state index contributed by atoms with van der Waals surface area (Å²) in [5.74, 6) is -0.271. The molecule has 1 N–H and O–H groups in total. The molecule has 0 aromatic heterocycles. The number of hydrogen-bond acceptors (Lipinski definition) is 4. The van der Waals surface area contributed by atoms with Gasteiger partial charge in [-0.15, -0.1) is 0 Å². The Morgan fingerprint density at radius 3 is 2.62 bits per heavy atom. The van der Waals surface area contributed by atoms with Crippen molar-refractivity contribution >= 4 is 45.8 Å². The van der Waals surface area contributed by atoms with Crippen molar-refractivity contribution in [3.05, 3.63) is 65.2 Å². The molecule has 3 rings (SSSR count). The number of thiocarbonyl (C=S) groups is 1. The van der Waals surface area contributed by atoms with E-state index >= 15 is 0 Å². The number of thioether (sulfide) groups is 1. The molecule has 0 aliphatic carbocycles. The van der Waals surface area contributed by atoms with Gasteiger partial charge in [0.2, 0.25) is 11.8 Å². The first-order valence-corrected chi connectivity index (χ1v) is 9.66. The summed E-state index contributed by atoms with van der Waals surface area (Å²) in [6.07, 6.45) is 0.113. The number of aryl methyl sites for hydroxylation is 2. The molecular weight excluding hydrogens is 364 g/mol. The minimum atomic E-state index is -0.461. The van der Waals surface area contributed by atoms with Gasteiger partial charge in [-0.1, -0.05) is 72.0 Å². The molecule has 0 spiro atoms. The van der Waals surface area contributed by atoms with E-state index in [0.717, 1.165) is 22.4 Å². The topological polar surface area (TPSA) is 49.4 Å². The van der Waals surface area contributed by atoms with Crippen LogP contribution in [0, 0.1) is 13.8 Å². The van der Waals surface area contributed by atoms with Gasteiger partial charge in [0, 0.05) is 12.1 Å². The summed E-state index contributed by atoms with van der Waals surface area (Å²) in [7, 11) is 0. The molecule has 1 unspecified atom stereocenters. The van der Waals surface area contributed by atoms with Crippen LogP contribution < -0.4 is 5.32 Å². The second-order valence-electron chi connectivity index (χ2n) is 6.35. The number of nitrogens with zero attached hydrogens (tertiary/aromatic N) is 1. The summed E-state index contributed by atoms with van der Waals surface area (Å²) in [5.41, 5.74) is 3.94. The van der Waals surface area contributed by atoms with Crippen LogP contribution in [0.4, 0.5) is 5.69 Å². The predicted octanol–water partition coefficient (Wildman–Crippen LogP) is 4.06. The fourth-order valence-electron chi connectivity index (χ4n) is 2.86. The lowest BCUT2D eigenvalue weighted by molar-refractivity contribution is -0.128. The molecule has 2 amide bonds. The first-order chi connectivity index (χ1) is 12.4. The van der Waals surface area contributed by atoms with Crippen LogP contribution in [0.15, 0.2) is 48.5 Å². The largest absolute Gasteiger partial charge is 0.326 e. The fraction of sp³-hybridized carbons (Fsp3) is 0.250. The molecule has 0 bridgehead atoms. The van der Waals surface area contributed by atoms with Gasteiger partial charge in [-0.3, -0.25) is 14.5 Å². The lowest BCUT2D eigenvalue weighted by atomic mass is 10.1. The maximum Gasteiger partial charge on any atom is 0.242 e. The van der Waals surface area contributed by atoms with E-state index < -0.39 is 5.25 Å². The molecule has 134 valence electrons. The Hall–Kier alpha value is -2.18. The van der Waals surface area contributed by atoms with Gasteiger partial charge in [0.1, 0.15) is 4.32 Å². The van der Waals surface area contributed by atoms with Gasteiger partial charge in [0.05, 0.1) is 11.8 Å². The van der Waals surface area contributed by atoms with Gasteiger partial charge < -0.3 is 5.32 Å². The highest BCUT2D eigenvalue weighted by molar-refractivity contribution is 8.24. The molecule has 1 fully saturated rings. The van der Waals surface area contributed by atoms with Crippen LogP contribution in [0.2, 0.25) is 0 Å². The van der Waals surface area contributed by atoms with Crippen molar-refractivity contribution in [1.82, 2.24) is 4.90 Å². The Morgan fingerprint density at radius 2 is 1.92 bits per heavy atom. The second kappa shape index (κ2) is 8.01. The smallest absolute Gasteiger partial charge is 0.242 e. The summed E-state index contributed by atoms with van der Waals surface area (Å²) < 4.78 is 0.531. The zero-order chi connectivity index (χ0) is 18.7. The lowest BCUT2D eigenvalue weighted by Crippen LogP contribution is -2.32. The van der Waals surface area contributed by atoms with Gasteiger partial charge in [0.25, 0.3) is 0 Å². The summed E-state index contributed by atoms with van der Waals surface area (Å²) in [5, 5.41) is 2.44. The number of amides is 2. The third-order valence-corrected chi connectivity index (χ3v) is 5.80. The van der Waals surface area contributed by atoms with E-state index in [-0.39, 0.29) is 18.2 Å². The average molecular weight is 385 g/mol. The van der Waals surface area contributed by atoms with Gasteiger partial charge in [0.15, 0.2) is 0 Å². The number of carbonyl (C=O) groups excluding carboxylic acids is 2. The van der Waals surface area contributed by atoms with Crippen molar-refractivity contribution in [3.63, 3.8) is 0 Å². The number of rotatable bonds is 5. The van der Waals surface area contributed by atoms with Crippen molar-refractivity contribution in [3.8, 4) is 0 Å². The van der Waals surface area contributed by atoms with Crippen molar-refractivity contribution in [2.75, 3.05) is 5.32 Å². The highest BCUT2D eigenvalue weighted by Gasteiger charge is 2.38. The fourth-order valence-corrected chi connectivity index (χ4v) is 4.35. The van der Waals surface area contributed by atoms with Crippen LogP contribution >= 0.6 is 24.0 Å². The van der Waals surface area contributed by atoms with Gasteiger partial charge in [-0.2, -0.15) is 0 Å². The number of hydrogen-bond donors (Lipinski definition) is 1. The normalized spacial score (nSPS) is 16.8. The molecule has 2 aromatic rings. The lowest BCUT2D eigenvalue weighted by Gasteiger charge is -2.15. The summed E-state index contributed by atoms with van der Waals surface area (Å²) in [6, 6.07) is 15.6. The molecule has 1 aliphatic rings. The zero-order valence-electron chi connectivity index (χ0n) is 14.7. The first kappa shape index (κ1) is 18.6. The SMILES string of the molecule is Cc1ccc(NC(=O)CC2SC(=S)N(Cc3ccccc3)C2=O)c(C)c1. The second-order valence-corrected chi connectivity index (χ2v) is 8.19. The van der Waals surface area contributed by atoms with E-state index in [2.05, 4.69) is 5.32 Å². The van der Waals surface area contributed by atoms with Crippen LogP contribution in [0.3, 0.4) is 0 Å². The van der Waals surface area contributed by atoms with E-state index in [9.17, 15) is 9.59 Å². The molecule has 0 radical (unpaired) electrons. The first-order valence-electron chi connectivity index (χ1n) is 8.37. The Kier molecular flexibility index (Phi) is 5.74. The average Bonchev–Trinajstić information content (AvgIpc) is 2.86. The molecule has 1 heterocycles. The van der Waals surface area contributed by atoms with Crippen LogP contribution in [0.5, 0.6) is 0 Å². The molecule has 6 heteroatoms. The van der Waals surface area contributed by atoms with E-state index in [1.165, 1.54) is 11.8 Å². The minimum Gasteiger partial charge on any atom is -0.326 e. The Bertz CT molecular complexity index is 852. The third-order valence-electron chi connectivity index (χ3n) is 4.22. The standard InChI is InChI=1S/C20H20N2O2S2/c1-13-8-9-16(14(2)10-13)21-18(23)11-17-19(24)22(20(25)26-17)12-15-6-4-3-5-7-15/h3-10,17H,11-12H2,1-2H3,(H,21,23). The van der Waals surface area contributed by atoms with E-state index in [1.807, 2.05) is 62.4 Å². The van der Waals surface area contributed by atoms with Gasteiger partial charge in [-0.25, -0.2) is 0 Å². The van der Waals surface area contributed by atoms with Crippen LogP contribution in [0.25, 0.3) is 0 Å². The highest BCUT2D eigenvalue weighted by Crippen LogP contribution is 2.31. The molecule has 1 saturated heterocycles. The van der Waals surface area contributed by atoms with E-state index in [0.29, 0.717) is 10.9 Å². The molecule has 4 nitrogen and oxygen atoms in total. The minimum absolute atomic E-state index is 0.0976. The molecule has 0 saturated carbocycles. The Labute approximate surface area is 163 Å². The molecular formula is C20H20N2O2S2. The third kappa shape index (κ3) is 4.31. The van der Waals surface area contributed by atoms with Crippen molar-refractivity contribution in [2.24, 2.45) is 0 Å². The Balaban J connectivity index is 1.62. The summed E-state index contributed by atoms with van der Waals surface area (Å²) in [6.45, 7) is 4.41. The van der Waals surface area contributed by atoms with Crippen LogP contribution in [0.1, 0.15) is 23.1 Å². The number of benzene rings is 2. The van der Waals surface area contributed by atoms with Gasteiger partial charge >= 0.3 is 0 Å². The van der Waals surface area contributed by atoms with Gasteiger partial charge in [-0.05, 0) is 31.0 Å². The quantitative estimate of drug-likeness (QED) is 0.790. The Morgan fingerprint density at radius 1 is 1.19 bits per heavy atom. The predicted molar refractivity (Wildman–Crippen MR) is 110 cm³/mol. The zero-order valence-corrected chi connectivity index (χ0v) is 16.3. The maximum atomic E-state index is 12.7. The van der Waals surface area contributed by atoms with E-state index in [4.69, 9.17) is 12.2 Å². The molecule has 2 aromatic carbocycles. The number of carbonyl (C=O) groups is 2. The summed E-state index contributed by atoms with van der Waals surface area (Å²) in [4.78, 5) is 26.6. The van der Waals surface area contributed by atoms with Crippen LogP contribution in [-0.4, -0.2) is 26.3 Å². The highest BCUT2D eigenvalue weighted by atomic mass is 32.2. The van der Waals surface area contributed by atoms with Crippen molar-refractivity contribution in [1.29, 1.82) is 0 Å². The molecule has 26 heavy (non-hydrogen) atoms. The van der Waals surface area contributed by atoms with E-state index in [1.54, 1.807) is 4.90 Å². The molecule has 1 atom stereocenters.